The van der Waals surface area contributed by atoms with Gasteiger partial charge in [0.15, 0.2) is 5.96 Å². The molecule has 0 radical (unpaired) electrons. The number of nitrogens with zero attached hydrogens (tertiary/aromatic N) is 3. The molecular weight excluding hydrogens is 347 g/mol. The molecule has 27 heavy (non-hydrogen) atoms. The smallest absolute Gasteiger partial charge is 0.224 e. The van der Waals surface area contributed by atoms with Crippen LogP contribution in [0.4, 0.5) is 4.39 Å². The van der Waals surface area contributed by atoms with Gasteiger partial charge < -0.3 is 16.0 Å². The number of benzene rings is 1. The Morgan fingerprint density at radius 3 is 2.67 bits per heavy atom. The van der Waals surface area contributed by atoms with Gasteiger partial charge in [-0.3, -0.25) is 14.5 Å². The van der Waals surface area contributed by atoms with Gasteiger partial charge in [-0.15, -0.1) is 0 Å². The van der Waals surface area contributed by atoms with Crippen LogP contribution < -0.4 is 16.0 Å². The van der Waals surface area contributed by atoms with Crippen molar-refractivity contribution in [3.8, 4) is 0 Å². The summed E-state index contributed by atoms with van der Waals surface area (Å²) in [5.41, 5.74) is 0.786. The molecule has 0 spiro atoms. The fraction of sp³-hybridized carbons (Fsp3) is 0.421. The standard InChI is InChI=1S/C19H27FN6O/c1-2-21-19(23-9-3-13-26-14-4-10-25-26)24-12-11-22-18(27)15-16-5-7-17(20)8-6-16/h4-8,10,14H,2-3,9,11-13,15H2,1H3,(H,22,27)(H2,21,23,24). The molecule has 0 aliphatic carbocycles. The second kappa shape index (κ2) is 11.7. The van der Waals surface area contributed by atoms with E-state index in [0.717, 1.165) is 31.0 Å². The highest BCUT2D eigenvalue weighted by Crippen LogP contribution is 2.03. The van der Waals surface area contributed by atoms with Gasteiger partial charge in [-0.25, -0.2) is 4.39 Å². The normalized spacial score (nSPS) is 11.3. The highest BCUT2D eigenvalue weighted by atomic mass is 19.1. The van der Waals surface area contributed by atoms with E-state index in [1.165, 1.54) is 12.1 Å². The predicted molar refractivity (Wildman–Crippen MR) is 104 cm³/mol. The molecule has 1 aromatic heterocycles. The summed E-state index contributed by atoms with van der Waals surface area (Å²) >= 11 is 0. The fourth-order valence-electron chi connectivity index (χ4n) is 2.43. The van der Waals surface area contributed by atoms with Gasteiger partial charge in [0, 0.05) is 45.1 Å². The van der Waals surface area contributed by atoms with E-state index < -0.39 is 0 Å². The molecule has 2 rings (SSSR count). The topological polar surface area (TPSA) is 83.3 Å². The molecule has 146 valence electrons. The number of carbonyl (C=O) groups is 1. The van der Waals surface area contributed by atoms with Crippen molar-refractivity contribution in [2.24, 2.45) is 4.99 Å². The lowest BCUT2D eigenvalue weighted by molar-refractivity contribution is -0.120. The molecule has 0 aliphatic heterocycles. The van der Waals surface area contributed by atoms with Gasteiger partial charge in [0.1, 0.15) is 5.82 Å². The molecule has 1 amide bonds. The van der Waals surface area contributed by atoms with Gasteiger partial charge in [0.05, 0.1) is 6.42 Å². The van der Waals surface area contributed by atoms with E-state index in [0.29, 0.717) is 19.6 Å². The molecule has 0 saturated carbocycles. The minimum absolute atomic E-state index is 0.0930. The van der Waals surface area contributed by atoms with Crippen LogP contribution in [0.2, 0.25) is 0 Å². The van der Waals surface area contributed by atoms with Gasteiger partial charge in [-0.1, -0.05) is 12.1 Å². The van der Waals surface area contributed by atoms with Crippen LogP contribution in [-0.4, -0.2) is 47.8 Å². The predicted octanol–water partition coefficient (Wildman–Crippen LogP) is 1.33. The quantitative estimate of drug-likeness (QED) is 0.333. The van der Waals surface area contributed by atoms with Gasteiger partial charge in [0.2, 0.25) is 5.91 Å². The van der Waals surface area contributed by atoms with Crippen LogP contribution in [0.1, 0.15) is 18.9 Å². The third-order valence-electron chi connectivity index (χ3n) is 3.74. The molecule has 0 unspecified atom stereocenters. The van der Waals surface area contributed by atoms with E-state index in [1.54, 1.807) is 18.3 Å². The lowest BCUT2D eigenvalue weighted by Gasteiger charge is -2.12. The zero-order valence-electron chi connectivity index (χ0n) is 15.6. The minimum Gasteiger partial charge on any atom is -0.357 e. The number of amides is 1. The Labute approximate surface area is 159 Å². The number of aromatic nitrogens is 2. The van der Waals surface area contributed by atoms with Crippen molar-refractivity contribution in [1.29, 1.82) is 0 Å². The van der Waals surface area contributed by atoms with Crippen LogP contribution in [0, 0.1) is 5.82 Å². The molecule has 0 atom stereocenters. The summed E-state index contributed by atoms with van der Waals surface area (Å²) in [5.74, 6) is 0.332. The van der Waals surface area contributed by atoms with Crippen molar-refractivity contribution in [3.05, 3.63) is 54.1 Å². The highest BCUT2D eigenvalue weighted by molar-refractivity contribution is 5.80. The molecule has 0 aliphatic rings. The minimum atomic E-state index is -0.303. The third-order valence-corrected chi connectivity index (χ3v) is 3.74. The Kier molecular flexibility index (Phi) is 8.82. The average Bonchev–Trinajstić information content (AvgIpc) is 3.17. The van der Waals surface area contributed by atoms with Crippen molar-refractivity contribution in [3.63, 3.8) is 0 Å². The maximum absolute atomic E-state index is 12.9. The zero-order chi connectivity index (χ0) is 19.3. The summed E-state index contributed by atoms with van der Waals surface area (Å²) in [5, 5.41) is 13.4. The van der Waals surface area contributed by atoms with Crippen molar-refractivity contribution in [2.45, 2.75) is 26.3 Å². The van der Waals surface area contributed by atoms with E-state index in [4.69, 9.17) is 0 Å². The summed E-state index contributed by atoms with van der Waals surface area (Å²) in [6.07, 6.45) is 4.83. The van der Waals surface area contributed by atoms with Crippen LogP contribution in [0.15, 0.2) is 47.7 Å². The van der Waals surface area contributed by atoms with Crippen LogP contribution in [0.5, 0.6) is 0 Å². The Hall–Kier alpha value is -2.90. The van der Waals surface area contributed by atoms with E-state index >= 15 is 0 Å². The molecule has 2 aromatic rings. The monoisotopic (exact) mass is 374 g/mol. The molecule has 1 aromatic carbocycles. The molecule has 7 nitrogen and oxygen atoms in total. The second-order valence-electron chi connectivity index (χ2n) is 5.96. The van der Waals surface area contributed by atoms with Crippen molar-refractivity contribution < 1.29 is 9.18 Å². The molecule has 0 bridgehead atoms. The number of aliphatic imine (C=N–C) groups is 1. The first-order valence-electron chi connectivity index (χ1n) is 9.18. The SMILES string of the molecule is CCNC(=NCCCn1cccn1)NCCNC(=O)Cc1ccc(F)cc1. The summed E-state index contributed by atoms with van der Waals surface area (Å²) in [7, 11) is 0. The Bertz CT molecular complexity index is 699. The zero-order valence-corrected chi connectivity index (χ0v) is 15.6. The van der Waals surface area contributed by atoms with E-state index in [1.807, 2.05) is 23.9 Å². The summed E-state index contributed by atoms with van der Waals surface area (Å²) < 4.78 is 14.7. The number of nitrogens with one attached hydrogen (secondary N) is 3. The molecular formula is C19H27FN6O. The van der Waals surface area contributed by atoms with Crippen LogP contribution in [0.25, 0.3) is 0 Å². The largest absolute Gasteiger partial charge is 0.357 e. The lowest BCUT2D eigenvalue weighted by atomic mass is 10.1. The molecule has 8 heteroatoms. The third kappa shape index (κ3) is 8.35. The van der Waals surface area contributed by atoms with E-state index in [9.17, 15) is 9.18 Å². The Balaban J connectivity index is 1.63. The molecule has 3 N–H and O–H groups in total. The number of halogens is 1. The maximum atomic E-state index is 12.9. The number of aryl methyl sites for hydroxylation is 1. The van der Waals surface area contributed by atoms with E-state index in [-0.39, 0.29) is 18.1 Å². The van der Waals surface area contributed by atoms with Crippen LogP contribution in [0.3, 0.4) is 0 Å². The number of carbonyl (C=O) groups excluding carboxylic acids is 1. The van der Waals surface area contributed by atoms with Crippen molar-refractivity contribution in [1.82, 2.24) is 25.7 Å². The average molecular weight is 374 g/mol. The molecule has 1 heterocycles. The first-order valence-corrected chi connectivity index (χ1v) is 9.18. The second-order valence-corrected chi connectivity index (χ2v) is 5.96. The van der Waals surface area contributed by atoms with Gasteiger partial charge >= 0.3 is 0 Å². The Morgan fingerprint density at radius 2 is 1.96 bits per heavy atom. The van der Waals surface area contributed by atoms with Gasteiger partial charge in [0.25, 0.3) is 0 Å². The summed E-state index contributed by atoms with van der Waals surface area (Å²) in [4.78, 5) is 16.4. The summed E-state index contributed by atoms with van der Waals surface area (Å²) in [6.45, 7) is 5.34. The van der Waals surface area contributed by atoms with Gasteiger partial charge in [-0.2, -0.15) is 5.10 Å². The van der Waals surface area contributed by atoms with Gasteiger partial charge in [-0.05, 0) is 37.1 Å². The molecule has 0 fully saturated rings. The first-order chi connectivity index (χ1) is 13.2. The van der Waals surface area contributed by atoms with E-state index in [2.05, 4.69) is 26.0 Å². The molecule has 0 saturated heterocycles. The number of rotatable bonds is 10. The number of hydrogen-bond donors (Lipinski definition) is 3. The van der Waals surface area contributed by atoms with Crippen LogP contribution in [-0.2, 0) is 17.8 Å². The highest BCUT2D eigenvalue weighted by Gasteiger charge is 2.03. The number of hydrogen-bond acceptors (Lipinski definition) is 3. The van der Waals surface area contributed by atoms with Crippen molar-refractivity contribution >= 4 is 11.9 Å². The Morgan fingerprint density at radius 1 is 1.19 bits per heavy atom. The summed E-state index contributed by atoms with van der Waals surface area (Å²) in [6, 6.07) is 7.85. The van der Waals surface area contributed by atoms with Crippen molar-refractivity contribution in [2.75, 3.05) is 26.2 Å². The van der Waals surface area contributed by atoms with Crippen LogP contribution >= 0.6 is 0 Å². The number of guanidine groups is 1. The fourth-order valence-corrected chi connectivity index (χ4v) is 2.43. The lowest BCUT2D eigenvalue weighted by Crippen LogP contribution is -2.41. The first kappa shape index (κ1) is 20.4. The maximum Gasteiger partial charge on any atom is 0.224 e.